The number of carbonyl (C=O) groups is 2. The van der Waals surface area contributed by atoms with E-state index < -0.39 is 18.2 Å². The van der Waals surface area contributed by atoms with Crippen molar-refractivity contribution in [3.63, 3.8) is 0 Å². The topological polar surface area (TPSA) is 80.3 Å². The first-order valence-corrected chi connectivity index (χ1v) is 9.72. The van der Waals surface area contributed by atoms with Crippen LogP contribution in [0.1, 0.15) is 25.8 Å². The van der Waals surface area contributed by atoms with Crippen LogP contribution in [0.5, 0.6) is 0 Å². The molecule has 8 nitrogen and oxygen atoms in total. The maximum absolute atomic E-state index is 12.3. The molecule has 0 saturated carbocycles. The minimum absolute atomic E-state index is 0.296. The Balaban J connectivity index is 1.37. The highest BCUT2D eigenvalue weighted by Crippen LogP contribution is 2.31. The van der Waals surface area contributed by atoms with Crippen LogP contribution >= 0.6 is 0 Å². The van der Waals surface area contributed by atoms with Crippen LogP contribution in [0.3, 0.4) is 0 Å². The van der Waals surface area contributed by atoms with Crippen LogP contribution in [0.15, 0.2) is 41.2 Å². The highest BCUT2D eigenvalue weighted by Gasteiger charge is 2.51. The summed E-state index contributed by atoms with van der Waals surface area (Å²) in [4.78, 5) is 34.4. The van der Waals surface area contributed by atoms with Crippen molar-refractivity contribution in [2.75, 3.05) is 25.5 Å². The van der Waals surface area contributed by atoms with Crippen LogP contribution in [-0.2, 0) is 11.2 Å². The second-order valence-electron chi connectivity index (χ2n) is 7.35. The van der Waals surface area contributed by atoms with Gasteiger partial charge >= 0.3 is 6.03 Å². The van der Waals surface area contributed by atoms with E-state index in [4.69, 9.17) is 0 Å². The van der Waals surface area contributed by atoms with E-state index in [0.29, 0.717) is 0 Å². The lowest BCUT2D eigenvalue weighted by Crippen LogP contribution is -2.62. The molecule has 1 fully saturated rings. The monoisotopic (exact) mass is 382 g/mol. The smallest absolute Gasteiger partial charge is 0.325 e. The molecule has 3 heterocycles. The number of guanidine groups is 1. The zero-order valence-electron chi connectivity index (χ0n) is 16.5. The van der Waals surface area contributed by atoms with Crippen molar-refractivity contribution in [1.82, 2.24) is 20.0 Å². The molecule has 0 bridgehead atoms. The van der Waals surface area contributed by atoms with Gasteiger partial charge in [0, 0.05) is 37.7 Å². The third kappa shape index (κ3) is 3.08. The number of nitrogens with zero attached hydrogens (tertiary/aromatic N) is 4. The van der Waals surface area contributed by atoms with Crippen LogP contribution < -0.4 is 10.6 Å². The molecule has 0 aliphatic carbocycles. The van der Waals surface area contributed by atoms with Gasteiger partial charge in [0.15, 0.2) is 12.2 Å². The molecule has 3 aliphatic rings. The molecule has 1 saturated heterocycles. The number of urea groups is 1. The van der Waals surface area contributed by atoms with Crippen molar-refractivity contribution < 1.29 is 9.59 Å². The van der Waals surface area contributed by atoms with Crippen molar-refractivity contribution in [2.45, 2.75) is 38.9 Å². The number of imide groups is 1. The van der Waals surface area contributed by atoms with Crippen LogP contribution in [0.4, 0.5) is 10.5 Å². The predicted molar refractivity (Wildman–Crippen MR) is 108 cm³/mol. The van der Waals surface area contributed by atoms with E-state index in [2.05, 4.69) is 51.7 Å². The molecule has 0 spiro atoms. The summed E-state index contributed by atoms with van der Waals surface area (Å²) in [6, 6.07) is 7.61. The minimum atomic E-state index is -0.493. The Morgan fingerprint density at radius 1 is 1.21 bits per heavy atom. The van der Waals surface area contributed by atoms with Crippen LogP contribution in [0.25, 0.3) is 0 Å². The first kappa shape index (κ1) is 18.3. The van der Waals surface area contributed by atoms with Crippen LogP contribution in [0, 0.1) is 0 Å². The number of hydrogen-bond acceptors (Lipinski definition) is 6. The summed E-state index contributed by atoms with van der Waals surface area (Å²) in [6.45, 7) is 5.80. The molecule has 2 N–H and O–H groups in total. The van der Waals surface area contributed by atoms with Gasteiger partial charge in [-0.1, -0.05) is 19.1 Å². The molecule has 1 aromatic carbocycles. The average Bonchev–Trinajstić information content (AvgIpc) is 3.19. The molecule has 0 radical (unpaired) electrons. The van der Waals surface area contributed by atoms with E-state index in [1.54, 1.807) is 7.05 Å². The Kier molecular flexibility index (Phi) is 4.70. The fourth-order valence-corrected chi connectivity index (χ4v) is 3.85. The maximum atomic E-state index is 12.3. The number of hydrogen-bond donors (Lipinski definition) is 2. The lowest BCUT2D eigenvalue weighted by molar-refractivity contribution is -0.126. The van der Waals surface area contributed by atoms with Gasteiger partial charge in [0.25, 0.3) is 5.91 Å². The summed E-state index contributed by atoms with van der Waals surface area (Å²) in [5, 5.41) is 5.84. The number of amides is 3. The van der Waals surface area contributed by atoms with E-state index in [-0.39, 0.29) is 5.91 Å². The Hall–Kier alpha value is -3.03. The van der Waals surface area contributed by atoms with Crippen molar-refractivity contribution in [3.8, 4) is 0 Å². The number of carbonyl (C=O) groups excluding carboxylic acids is 2. The Labute approximate surface area is 164 Å². The van der Waals surface area contributed by atoms with E-state index in [9.17, 15) is 9.59 Å². The van der Waals surface area contributed by atoms with Gasteiger partial charge < -0.3 is 20.0 Å². The summed E-state index contributed by atoms with van der Waals surface area (Å²) in [7, 11) is 1.67. The van der Waals surface area contributed by atoms with E-state index in [0.717, 1.165) is 43.3 Å². The first-order chi connectivity index (χ1) is 13.5. The Morgan fingerprint density at radius 3 is 2.68 bits per heavy atom. The number of aryl methyl sites for hydroxylation is 1. The molecule has 3 amide bonds. The zero-order valence-corrected chi connectivity index (χ0v) is 16.5. The SMILES string of the molecule is CCc1ccc(NCCCN2C(C)=CN3C2=NC2C3C(=O)NC(=O)N2C)cc1. The van der Waals surface area contributed by atoms with Gasteiger partial charge in [0.05, 0.1) is 0 Å². The molecule has 1 aromatic rings. The standard InChI is InChI=1S/C20H26N6O2/c1-4-14-6-8-15(9-7-14)21-10-5-11-25-13(2)12-26-16-17(22-19(25)26)24(3)20(28)23-18(16)27/h6-9,12,16-17,21H,4-5,10-11H2,1-3H3,(H,23,27,28). The number of rotatable bonds is 6. The second-order valence-corrected chi connectivity index (χ2v) is 7.35. The van der Waals surface area contributed by atoms with Gasteiger partial charge in [-0.05, 0) is 37.5 Å². The van der Waals surface area contributed by atoms with E-state index in [1.807, 2.05) is 18.0 Å². The highest BCUT2D eigenvalue weighted by molar-refractivity contribution is 6.04. The third-order valence-corrected chi connectivity index (χ3v) is 5.52. The van der Waals surface area contributed by atoms with Gasteiger partial charge in [-0.3, -0.25) is 10.1 Å². The van der Waals surface area contributed by atoms with Crippen molar-refractivity contribution >= 4 is 23.6 Å². The molecule has 3 aliphatic heterocycles. The van der Waals surface area contributed by atoms with Crippen LogP contribution in [-0.4, -0.2) is 64.9 Å². The Morgan fingerprint density at radius 2 is 1.96 bits per heavy atom. The average molecular weight is 382 g/mol. The molecule has 8 heteroatoms. The summed E-state index contributed by atoms with van der Waals surface area (Å²) in [5.41, 5.74) is 3.50. The van der Waals surface area contributed by atoms with Crippen LogP contribution in [0.2, 0.25) is 0 Å². The summed E-state index contributed by atoms with van der Waals surface area (Å²) in [5.74, 6) is 0.450. The molecular weight excluding hydrogens is 356 g/mol. The third-order valence-electron chi connectivity index (χ3n) is 5.52. The summed E-state index contributed by atoms with van der Waals surface area (Å²) < 4.78 is 0. The molecule has 4 rings (SSSR count). The van der Waals surface area contributed by atoms with Gasteiger partial charge in [-0.15, -0.1) is 0 Å². The minimum Gasteiger partial charge on any atom is -0.385 e. The molecule has 148 valence electrons. The summed E-state index contributed by atoms with van der Waals surface area (Å²) in [6.07, 6.45) is 3.44. The first-order valence-electron chi connectivity index (χ1n) is 9.72. The molecular formula is C20H26N6O2. The molecule has 0 aromatic heterocycles. The molecule has 2 unspecified atom stereocenters. The number of anilines is 1. The quantitative estimate of drug-likeness (QED) is 0.733. The normalized spacial score (nSPS) is 23.3. The fourth-order valence-electron chi connectivity index (χ4n) is 3.85. The van der Waals surface area contributed by atoms with Gasteiger partial charge in [-0.2, -0.15) is 0 Å². The fraction of sp³-hybridized carbons (Fsp3) is 0.450. The number of aliphatic imine (C=N–C) groups is 1. The van der Waals surface area contributed by atoms with Crippen molar-refractivity contribution in [3.05, 3.63) is 41.7 Å². The molecule has 28 heavy (non-hydrogen) atoms. The second kappa shape index (κ2) is 7.18. The predicted octanol–water partition coefficient (Wildman–Crippen LogP) is 1.78. The van der Waals surface area contributed by atoms with Crippen molar-refractivity contribution in [2.24, 2.45) is 4.99 Å². The highest BCUT2D eigenvalue weighted by atomic mass is 16.2. The largest absolute Gasteiger partial charge is 0.385 e. The molecule has 2 atom stereocenters. The number of benzene rings is 1. The van der Waals surface area contributed by atoms with Gasteiger partial charge in [-0.25, -0.2) is 9.79 Å². The van der Waals surface area contributed by atoms with Gasteiger partial charge in [0.1, 0.15) is 0 Å². The Bertz CT molecular complexity index is 847. The maximum Gasteiger partial charge on any atom is 0.325 e. The summed E-state index contributed by atoms with van der Waals surface area (Å²) >= 11 is 0. The lowest BCUT2D eigenvalue weighted by atomic mass is 10.1. The number of allylic oxidation sites excluding steroid dienone is 1. The number of fused-ring (bicyclic) bond motifs is 3. The van der Waals surface area contributed by atoms with E-state index in [1.165, 1.54) is 10.5 Å². The number of likely N-dealkylation sites (N-methyl/N-ethyl adjacent to an activating group) is 1. The van der Waals surface area contributed by atoms with Crippen molar-refractivity contribution in [1.29, 1.82) is 0 Å². The van der Waals surface area contributed by atoms with Gasteiger partial charge in [0.2, 0.25) is 5.96 Å². The number of nitrogens with one attached hydrogen (secondary N) is 2. The lowest BCUT2D eigenvalue weighted by Gasteiger charge is -2.34. The zero-order chi connectivity index (χ0) is 19.8. The van der Waals surface area contributed by atoms with E-state index >= 15 is 0 Å².